The molecule has 0 radical (unpaired) electrons. The van der Waals surface area contributed by atoms with Crippen molar-refractivity contribution in [3.63, 3.8) is 0 Å². The Morgan fingerprint density at radius 3 is 2.46 bits per heavy atom. The van der Waals surface area contributed by atoms with Gasteiger partial charge in [0.15, 0.2) is 0 Å². The molecule has 2 aromatic rings. The standard InChI is InChI=1S/C19H20F4N2O/c1-18(2,26)7-8-25-11-24-16-6-3-12(9-17(16)25)14-5-4-13(10-15(14)20)19(21,22)23/h3-6,9-10,24,26H,7-8,11H2,1-2H3. The van der Waals surface area contributed by atoms with Crippen LogP contribution in [0.3, 0.4) is 0 Å². The number of rotatable bonds is 4. The Hall–Kier alpha value is -2.28. The van der Waals surface area contributed by atoms with Crippen molar-refractivity contribution in [2.24, 2.45) is 0 Å². The van der Waals surface area contributed by atoms with Crippen LogP contribution in [0.2, 0.25) is 0 Å². The first-order chi connectivity index (χ1) is 12.0. The van der Waals surface area contributed by atoms with Crippen LogP contribution in [-0.2, 0) is 6.18 Å². The SMILES string of the molecule is CC(C)(O)CCN1CNc2ccc(-c3ccc(C(F)(F)F)cc3F)cc21. The number of fused-ring (bicyclic) bond motifs is 1. The van der Waals surface area contributed by atoms with E-state index in [2.05, 4.69) is 5.32 Å². The summed E-state index contributed by atoms with van der Waals surface area (Å²) in [5.41, 5.74) is 0.526. The molecule has 1 aliphatic heterocycles. The van der Waals surface area contributed by atoms with Crippen LogP contribution < -0.4 is 10.2 Å². The topological polar surface area (TPSA) is 35.5 Å². The Balaban J connectivity index is 1.89. The molecule has 0 aromatic heterocycles. The predicted molar refractivity (Wildman–Crippen MR) is 93.6 cm³/mol. The molecule has 0 saturated heterocycles. The molecule has 26 heavy (non-hydrogen) atoms. The van der Waals surface area contributed by atoms with Crippen LogP contribution in [-0.4, -0.2) is 23.9 Å². The Morgan fingerprint density at radius 2 is 1.85 bits per heavy atom. The van der Waals surface area contributed by atoms with Gasteiger partial charge in [-0.15, -0.1) is 0 Å². The van der Waals surface area contributed by atoms with Crippen molar-refractivity contribution in [2.45, 2.75) is 32.0 Å². The maximum Gasteiger partial charge on any atom is 0.416 e. The maximum absolute atomic E-state index is 14.3. The number of nitrogens with one attached hydrogen (secondary N) is 1. The number of anilines is 2. The van der Waals surface area contributed by atoms with Gasteiger partial charge < -0.3 is 15.3 Å². The van der Waals surface area contributed by atoms with E-state index in [1.807, 2.05) is 4.90 Å². The predicted octanol–water partition coefficient (Wildman–Crippen LogP) is 4.86. The average molecular weight is 368 g/mol. The minimum absolute atomic E-state index is 0.120. The Labute approximate surface area is 149 Å². The van der Waals surface area contributed by atoms with Gasteiger partial charge in [-0.25, -0.2) is 4.39 Å². The van der Waals surface area contributed by atoms with Crippen LogP contribution >= 0.6 is 0 Å². The van der Waals surface area contributed by atoms with Crippen LogP contribution in [0.4, 0.5) is 28.9 Å². The second kappa shape index (κ2) is 6.46. The fraction of sp³-hybridized carbons (Fsp3) is 0.368. The molecule has 2 N–H and O–H groups in total. The van der Waals surface area contributed by atoms with Gasteiger partial charge >= 0.3 is 6.18 Å². The monoisotopic (exact) mass is 368 g/mol. The smallest absolute Gasteiger partial charge is 0.390 e. The van der Waals surface area contributed by atoms with Crippen LogP contribution in [0.5, 0.6) is 0 Å². The van der Waals surface area contributed by atoms with Crippen molar-refractivity contribution in [3.8, 4) is 11.1 Å². The highest BCUT2D eigenvalue weighted by atomic mass is 19.4. The zero-order valence-electron chi connectivity index (χ0n) is 14.5. The van der Waals surface area contributed by atoms with Crippen LogP contribution in [0.25, 0.3) is 11.1 Å². The summed E-state index contributed by atoms with van der Waals surface area (Å²) < 4.78 is 52.4. The largest absolute Gasteiger partial charge is 0.416 e. The van der Waals surface area contributed by atoms with Gasteiger partial charge in [-0.05, 0) is 50.1 Å². The van der Waals surface area contributed by atoms with E-state index in [1.165, 1.54) is 0 Å². The van der Waals surface area contributed by atoms with Crippen LogP contribution in [0.15, 0.2) is 36.4 Å². The highest BCUT2D eigenvalue weighted by Gasteiger charge is 2.31. The highest BCUT2D eigenvalue weighted by molar-refractivity contribution is 5.81. The molecule has 1 aliphatic rings. The van der Waals surface area contributed by atoms with E-state index in [0.29, 0.717) is 31.3 Å². The first-order valence-electron chi connectivity index (χ1n) is 8.27. The summed E-state index contributed by atoms with van der Waals surface area (Å²) in [6.45, 7) is 4.61. The first kappa shape index (κ1) is 18.5. The highest BCUT2D eigenvalue weighted by Crippen LogP contribution is 2.38. The first-order valence-corrected chi connectivity index (χ1v) is 8.27. The van der Waals surface area contributed by atoms with E-state index < -0.39 is 23.2 Å². The van der Waals surface area contributed by atoms with Crippen molar-refractivity contribution in [3.05, 3.63) is 47.8 Å². The molecule has 0 fully saturated rings. The van der Waals surface area contributed by atoms with Crippen molar-refractivity contribution < 1.29 is 22.7 Å². The van der Waals surface area contributed by atoms with Gasteiger partial charge in [0.05, 0.1) is 29.2 Å². The quantitative estimate of drug-likeness (QED) is 0.757. The minimum Gasteiger partial charge on any atom is -0.390 e. The maximum atomic E-state index is 14.3. The number of hydrogen-bond acceptors (Lipinski definition) is 3. The molecule has 0 spiro atoms. The molecule has 1 heterocycles. The molecule has 0 saturated carbocycles. The third-order valence-corrected chi connectivity index (χ3v) is 4.40. The molecular formula is C19H20F4N2O. The number of benzene rings is 2. The van der Waals surface area contributed by atoms with Crippen LogP contribution in [0, 0.1) is 5.82 Å². The second-order valence-electron chi connectivity index (χ2n) is 7.09. The number of aliphatic hydroxyl groups is 1. The molecule has 0 amide bonds. The van der Waals surface area contributed by atoms with E-state index in [1.54, 1.807) is 32.0 Å². The lowest BCUT2D eigenvalue weighted by molar-refractivity contribution is -0.137. The molecule has 2 aromatic carbocycles. The number of halogens is 4. The average Bonchev–Trinajstić information content (AvgIpc) is 2.93. The molecule has 7 heteroatoms. The van der Waals surface area contributed by atoms with Gasteiger partial charge in [-0.3, -0.25) is 0 Å². The lowest BCUT2D eigenvalue weighted by Gasteiger charge is -2.24. The summed E-state index contributed by atoms with van der Waals surface area (Å²) in [5.74, 6) is -0.909. The molecule has 0 atom stereocenters. The van der Waals surface area contributed by atoms with Crippen molar-refractivity contribution in [1.82, 2.24) is 0 Å². The van der Waals surface area contributed by atoms with E-state index in [4.69, 9.17) is 0 Å². The lowest BCUT2D eigenvalue weighted by Crippen LogP contribution is -2.30. The van der Waals surface area contributed by atoms with Gasteiger partial charge in [-0.2, -0.15) is 13.2 Å². The third kappa shape index (κ3) is 3.93. The fourth-order valence-corrected chi connectivity index (χ4v) is 2.91. The molecule has 0 bridgehead atoms. The third-order valence-electron chi connectivity index (χ3n) is 4.40. The molecule has 0 unspecified atom stereocenters. The van der Waals surface area contributed by atoms with E-state index in [0.717, 1.165) is 23.5 Å². The summed E-state index contributed by atoms with van der Waals surface area (Å²) in [4.78, 5) is 2.01. The summed E-state index contributed by atoms with van der Waals surface area (Å²) in [7, 11) is 0. The molecular weight excluding hydrogens is 348 g/mol. The Morgan fingerprint density at radius 1 is 1.12 bits per heavy atom. The molecule has 3 nitrogen and oxygen atoms in total. The van der Waals surface area contributed by atoms with Crippen molar-refractivity contribution in [2.75, 3.05) is 23.4 Å². The van der Waals surface area contributed by atoms with Crippen molar-refractivity contribution >= 4 is 11.4 Å². The molecule has 3 rings (SSSR count). The zero-order valence-corrected chi connectivity index (χ0v) is 14.5. The Kier molecular flexibility index (Phi) is 4.60. The zero-order chi connectivity index (χ0) is 19.1. The summed E-state index contributed by atoms with van der Waals surface area (Å²) in [5, 5.41) is 13.1. The van der Waals surface area contributed by atoms with Gasteiger partial charge in [0.1, 0.15) is 5.82 Å². The van der Waals surface area contributed by atoms with E-state index in [9.17, 15) is 22.7 Å². The van der Waals surface area contributed by atoms with Crippen LogP contribution in [0.1, 0.15) is 25.8 Å². The summed E-state index contributed by atoms with van der Waals surface area (Å²) >= 11 is 0. The number of nitrogens with zero attached hydrogens (tertiary/aromatic N) is 1. The van der Waals surface area contributed by atoms with Gasteiger partial charge in [-0.1, -0.05) is 12.1 Å². The van der Waals surface area contributed by atoms with E-state index >= 15 is 0 Å². The molecule has 140 valence electrons. The summed E-state index contributed by atoms with van der Waals surface area (Å²) in [6.07, 6.45) is -4.03. The van der Waals surface area contributed by atoms with Crippen molar-refractivity contribution in [1.29, 1.82) is 0 Å². The minimum atomic E-state index is -4.57. The number of alkyl halides is 3. The van der Waals surface area contributed by atoms with Gasteiger partial charge in [0, 0.05) is 12.1 Å². The van der Waals surface area contributed by atoms with E-state index in [-0.39, 0.29) is 5.56 Å². The van der Waals surface area contributed by atoms with Gasteiger partial charge in [0.2, 0.25) is 0 Å². The fourth-order valence-electron chi connectivity index (χ4n) is 2.91. The lowest BCUT2D eigenvalue weighted by atomic mass is 10.0. The summed E-state index contributed by atoms with van der Waals surface area (Å²) in [6, 6.07) is 7.78. The van der Waals surface area contributed by atoms with Gasteiger partial charge in [0.25, 0.3) is 0 Å². The normalized spacial score (nSPS) is 14.3. The number of hydrogen-bond donors (Lipinski definition) is 2. The Bertz CT molecular complexity index is 812. The second-order valence-corrected chi connectivity index (χ2v) is 7.09. The molecule has 0 aliphatic carbocycles.